The van der Waals surface area contributed by atoms with Crippen molar-refractivity contribution in [2.75, 3.05) is 13.2 Å². The van der Waals surface area contributed by atoms with Crippen LogP contribution in [0.4, 0.5) is 0 Å². The van der Waals surface area contributed by atoms with Gasteiger partial charge in [-0.15, -0.1) is 0 Å². The lowest BCUT2D eigenvalue weighted by molar-refractivity contribution is -0.150. The molecule has 0 aliphatic heterocycles. The lowest BCUT2D eigenvalue weighted by atomic mass is 10.1. The number of rotatable bonds is 9. The lowest BCUT2D eigenvalue weighted by Crippen LogP contribution is -2.41. The highest BCUT2D eigenvalue weighted by atomic mass is 16.5. The Bertz CT molecular complexity index is 713. The zero-order chi connectivity index (χ0) is 18.8. The van der Waals surface area contributed by atoms with Gasteiger partial charge in [0.1, 0.15) is 6.04 Å². The van der Waals surface area contributed by atoms with Crippen molar-refractivity contribution in [2.45, 2.75) is 25.8 Å². The molecule has 2 amide bonds. The standard InChI is InChI=1S/C19H22N2O5/c1-14(21-18(23)16-10-6-12-25-16)19(24)26-13-17(22)20-11-5-9-15-7-3-2-4-8-15/h2-4,6-8,10,12,14H,5,9,11,13H2,1H3,(H,20,22)(H,21,23)/t14-/m0/s1. The van der Waals surface area contributed by atoms with Crippen LogP contribution in [0.5, 0.6) is 0 Å². The minimum Gasteiger partial charge on any atom is -0.459 e. The fraction of sp³-hybridized carbons (Fsp3) is 0.316. The third-order valence-corrected chi connectivity index (χ3v) is 3.60. The van der Waals surface area contributed by atoms with Crippen LogP contribution >= 0.6 is 0 Å². The Morgan fingerprint density at radius 3 is 2.58 bits per heavy atom. The first-order chi connectivity index (χ1) is 12.6. The van der Waals surface area contributed by atoms with E-state index in [4.69, 9.17) is 9.15 Å². The van der Waals surface area contributed by atoms with Crippen molar-refractivity contribution in [2.24, 2.45) is 0 Å². The molecular formula is C19H22N2O5. The predicted molar refractivity (Wildman–Crippen MR) is 94.4 cm³/mol. The average molecular weight is 358 g/mol. The number of hydrogen-bond donors (Lipinski definition) is 2. The van der Waals surface area contributed by atoms with Crippen molar-refractivity contribution >= 4 is 17.8 Å². The SMILES string of the molecule is C[C@H](NC(=O)c1ccco1)C(=O)OCC(=O)NCCCc1ccccc1. The number of nitrogens with one attached hydrogen (secondary N) is 2. The number of furan rings is 1. The molecule has 0 saturated heterocycles. The summed E-state index contributed by atoms with van der Waals surface area (Å²) in [5.74, 6) is -1.49. The number of carbonyl (C=O) groups is 3. The molecule has 1 heterocycles. The van der Waals surface area contributed by atoms with E-state index in [2.05, 4.69) is 10.6 Å². The Labute approximate surface area is 151 Å². The first-order valence-electron chi connectivity index (χ1n) is 8.38. The highest BCUT2D eigenvalue weighted by Gasteiger charge is 2.20. The monoisotopic (exact) mass is 358 g/mol. The van der Waals surface area contributed by atoms with Gasteiger partial charge in [0, 0.05) is 6.54 Å². The van der Waals surface area contributed by atoms with Crippen molar-refractivity contribution in [3.8, 4) is 0 Å². The average Bonchev–Trinajstić information content (AvgIpc) is 3.19. The van der Waals surface area contributed by atoms with Crippen molar-refractivity contribution in [1.82, 2.24) is 10.6 Å². The predicted octanol–water partition coefficient (Wildman–Crippen LogP) is 1.69. The number of carbonyl (C=O) groups excluding carboxylic acids is 3. The van der Waals surface area contributed by atoms with Crippen LogP contribution in [-0.2, 0) is 20.7 Å². The molecule has 0 bridgehead atoms. The van der Waals surface area contributed by atoms with Crippen LogP contribution in [-0.4, -0.2) is 37.0 Å². The van der Waals surface area contributed by atoms with E-state index < -0.39 is 17.9 Å². The third-order valence-electron chi connectivity index (χ3n) is 3.60. The largest absolute Gasteiger partial charge is 0.459 e. The second-order valence-corrected chi connectivity index (χ2v) is 5.72. The van der Waals surface area contributed by atoms with Gasteiger partial charge in [0.05, 0.1) is 6.26 Å². The maximum Gasteiger partial charge on any atom is 0.328 e. The van der Waals surface area contributed by atoms with Crippen molar-refractivity contribution in [3.63, 3.8) is 0 Å². The van der Waals surface area contributed by atoms with Gasteiger partial charge < -0.3 is 19.8 Å². The molecule has 1 aromatic carbocycles. The number of amides is 2. The normalized spacial score (nSPS) is 11.4. The summed E-state index contributed by atoms with van der Waals surface area (Å²) in [7, 11) is 0. The molecule has 0 aliphatic rings. The Balaban J connectivity index is 1.60. The fourth-order valence-corrected chi connectivity index (χ4v) is 2.21. The summed E-state index contributed by atoms with van der Waals surface area (Å²) in [5, 5.41) is 5.13. The maximum absolute atomic E-state index is 11.8. The zero-order valence-electron chi connectivity index (χ0n) is 14.6. The van der Waals surface area contributed by atoms with Gasteiger partial charge in [-0.05, 0) is 37.5 Å². The summed E-state index contributed by atoms with van der Waals surface area (Å²) in [5.41, 5.74) is 1.20. The molecule has 26 heavy (non-hydrogen) atoms. The van der Waals surface area contributed by atoms with Crippen LogP contribution in [0.2, 0.25) is 0 Å². The molecule has 2 N–H and O–H groups in total. The summed E-state index contributed by atoms with van der Waals surface area (Å²) in [6, 6.07) is 12.1. The van der Waals surface area contributed by atoms with Gasteiger partial charge in [-0.25, -0.2) is 4.79 Å². The lowest BCUT2D eigenvalue weighted by Gasteiger charge is -2.12. The first kappa shape index (κ1) is 19.2. The summed E-state index contributed by atoms with van der Waals surface area (Å²) in [6.07, 6.45) is 3.01. The van der Waals surface area contributed by atoms with E-state index >= 15 is 0 Å². The van der Waals surface area contributed by atoms with Crippen LogP contribution < -0.4 is 10.6 Å². The molecule has 0 unspecified atom stereocenters. The smallest absolute Gasteiger partial charge is 0.328 e. The van der Waals surface area contributed by atoms with E-state index in [0.29, 0.717) is 6.54 Å². The second-order valence-electron chi connectivity index (χ2n) is 5.72. The first-order valence-corrected chi connectivity index (χ1v) is 8.38. The molecule has 138 valence electrons. The van der Waals surface area contributed by atoms with Gasteiger partial charge in [-0.2, -0.15) is 0 Å². The van der Waals surface area contributed by atoms with Gasteiger partial charge in [0.2, 0.25) is 0 Å². The zero-order valence-corrected chi connectivity index (χ0v) is 14.6. The summed E-state index contributed by atoms with van der Waals surface area (Å²) >= 11 is 0. The third kappa shape index (κ3) is 6.43. The molecule has 2 rings (SSSR count). The number of ether oxygens (including phenoxy) is 1. The van der Waals surface area contributed by atoms with Gasteiger partial charge in [-0.3, -0.25) is 9.59 Å². The molecule has 0 spiro atoms. The van der Waals surface area contributed by atoms with E-state index in [-0.39, 0.29) is 18.3 Å². The van der Waals surface area contributed by atoms with Gasteiger partial charge in [0.15, 0.2) is 12.4 Å². The summed E-state index contributed by atoms with van der Waals surface area (Å²) in [6.45, 7) is 1.59. The van der Waals surface area contributed by atoms with Crippen LogP contribution in [0.25, 0.3) is 0 Å². The van der Waals surface area contributed by atoms with E-state index in [9.17, 15) is 14.4 Å². The molecule has 2 aromatic rings. The molecule has 0 aliphatic carbocycles. The molecule has 1 atom stereocenters. The number of benzene rings is 1. The topological polar surface area (TPSA) is 97.6 Å². The molecule has 0 fully saturated rings. The number of esters is 1. The van der Waals surface area contributed by atoms with Crippen LogP contribution in [0.15, 0.2) is 53.1 Å². The van der Waals surface area contributed by atoms with Crippen LogP contribution in [0, 0.1) is 0 Å². The van der Waals surface area contributed by atoms with Crippen LogP contribution in [0.3, 0.4) is 0 Å². The minimum atomic E-state index is -0.890. The molecule has 1 aromatic heterocycles. The molecule has 7 heteroatoms. The van der Waals surface area contributed by atoms with Gasteiger partial charge >= 0.3 is 5.97 Å². The fourth-order valence-electron chi connectivity index (χ4n) is 2.21. The highest BCUT2D eigenvalue weighted by Crippen LogP contribution is 2.02. The van der Waals surface area contributed by atoms with Crippen LogP contribution in [0.1, 0.15) is 29.5 Å². The Kier molecular flexibility index (Phi) is 7.42. The van der Waals surface area contributed by atoms with Crippen molar-refractivity contribution in [1.29, 1.82) is 0 Å². The second kappa shape index (κ2) is 10.0. The summed E-state index contributed by atoms with van der Waals surface area (Å²) in [4.78, 5) is 35.3. The molecule has 0 radical (unpaired) electrons. The number of hydrogen-bond acceptors (Lipinski definition) is 5. The van der Waals surface area contributed by atoms with Gasteiger partial charge in [0.25, 0.3) is 11.8 Å². The quantitative estimate of drug-likeness (QED) is 0.525. The maximum atomic E-state index is 11.8. The minimum absolute atomic E-state index is 0.0980. The van der Waals surface area contributed by atoms with Gasteiger partial charge in [-0.1, -0.05) is 30.3 Å². The number of aryl methyl sites for hydroxylation is 1. The molecular weight excluding hydrogens is 336 g/mol. The Hall–Kier alpha value is -3.09. The Morgan fingerprint density at radius 1 is 1.12 bits per heavy atom. The highest BCUT2D eigenvalue weighted by molar-refractivity contribution is 5.94. The summed E-state index contributed by atoms with van der Waals surface area (Å²) < 4.78 is 9.84. The molecule has 0 saturated carbocycles. The Morgan fingerprint density at radius 2 is 1.88 bits per heavy atom. The molecule has 7 nitrogen and oxygen atoms in total. The van der Waals surface area contributed by atoms with Crippen molar-refractivity contribution < 1.29 is 23.5 Å². The van der Waals surface area contributed by atoms with Crippen molar-refractivity contribution in [3.05, 3.63) is 60.1 Å². The van der Waals surface area contributed by atoms with E-state index in [1.165, 1.54) is 24.8 Å². The van der Waals surface area contributed by atoms with E-state index in [0.717, 1.165) is 12.8 Å². The van der Waals surface area contributed by atoms with E-state index in [1.807, 2.05) is 30.3 Å². The van der Waals surface area contributed by atoms with E-state index in [1.54, 1.807) is 6.07 Å².